The highest BCUT2D eigenvalue weighted by Gasteiger charge is 2.47. The highest BCUT2D eigenvalue weighted by atomic mass is 16.3. The van der Waals surface area contributed by atoms with E-state index in [4.69, 9.17) is 0 Å². The van der Waals surface area contributed by atoms with Gasteiger partial charge in [-0.15, -0.1) is 0 Å². The van der Waals surface area contributed by atoms with E-state index in [-0.39, 0.29) is 24.9 Å². The SMILES string of the molecule is Cc1ccncc1C(C(=O)N[C@@H](C)c1ccccc1)N(C(=O)[C@H]1C[C@@](C)(O)CN1C#N)c1ccc(-c2ccccc2)cc1. The molecule has 1 aromatic heterocycles. The molecule has 3 aromatic carbocycles. The van der Waals surface area contributed by atoms with Crippen LogP contribution in [0.4, 0.5) is 5.69 Å². The molecule has 5 rings (SSSR count). The summed E-state index contributed by atoms with van der Waals surface area (Å²) in [4.78, 5) is 35.9. The van der Waals surface area contributed by atoms with Crippen molar-refractivity contribution in [3.63, 3.8) is 0 Å². The fraction of sp³-hybridized carbons (Fsp3) is 0.257. The van der Waals surface area contributed by atoms with Gasteiger partial charge in [-0.3, -0.25) is 24.4 Å². The summed E-state index contributed by atoms with van der Waals surface area (Å²) in [6.07, 6.45) is 5.38. The van der Waals surface area contributed by atoms with Crippen molar-refractivity contribution in [3.8, 4) is 17.3 Å². The fourth-order valence-electron chi connectivity index (χ4n) is 5.68. The minimum atomic E-state index is -1.23. The number of nitrogens with one attached hydrogen (secondary N) is 1. The highest BCUT2D eigenvalue weighted by Crippen LogP contribution is 2.36. The van der Waals surface area contributed by atoms with Crippen LogP contribution in [0, 0.1) is 18.4 Å². The number of pyridine rings is 1. The van der Waals surface area contributed by atoms with E-state index < -0.39 is 23.6 Å². The van der Waals surface area contributed by atoms with Gasteiger partial charge in [-0.25, -0.2) is 0 Å². The third kappa shape index (κ3) is 6.42. The number of hydrogen-bond acceptors (Lipinski definition) is 6. The van der Waals surface area contributed by atoms with E-state index in [1.54, 1.807) is 25.4 Å². The van der Waals surface area contributed by atoms with E-state index in [0.717, 1.165) is 22.3 Å². The van der Waals surface area contributed by atoms with Crippen molar-refractivity contribution >= 4 is 17.5 Å². The van der Waals surface area contributed by atoms with Crippen LogP contribution in [-0.2, 0) is 9.59 Å². The molecule has 2 heterocycles. The number of likely N-dealkylation sites (tertiary alicyclic amines) is 1. The standard InChI is InChI=1S/C35H35N5O3/c1-24-18-19-37-21-30(24)32(33(41)38-25(2)26-10-6-4-7-11-26)40(34(42)31-20-35(3,43)22-39(31)23-36)29-16-14-28(15-17-29)27-12-8-5-9-13-27/h4-19,21,25,31-32,43H,20,22H2,1-3H3,(H,38,41)/t25-,31+,32?,35+/m0/s1. The van der Waals surface area contributed by atoms with Gasteiger partial charge in [0.15, 0.2) is 6.19 Å². The number of amides is 2. The van der Waals surface area contributed by atoms with Crippen LogP contribution in [-0.4, -0.2) is 45.0 Å². The van der Waals surface area contributed by atoms with Gasteiger partial charge in [-0.2, -0.15) is 5.26 Å². The first-order chi connectivity index (χ1) is 20.7. The number of benzene rings is 3. The zero-order chi connectivity index (χ0) is 30.6. The van der Waals surface area contributed by atoms with Gasteiger partial charge in [-0.05, 0) is 61.2 Å². The summed E-state index contributed by atoms with van der Waals surface area (Å²) < 4.78 is 0. The molecule has 1 aliphatic rings. The van der Waals surface area contributed by atoms with Crippen LogP contribution in [0.1, 0.15) is 49.0 Å². The minimum absolute atomic E-state index is 0.0223. The molecule has 1 aliphatic heterocycles. The Hall–Kier alpha value is -5.00. The van der Waals surface area contributed by atoms with Crippen LogP contribution in [0.15, 0.2) is 103 Å². The lowest BCUT2D eigenvalue weighted by Crippen LogP contribution is -2.50. The molecule has 2 amide bonds. The third-order valence-corrected chi connectivity index (χ3v) is 7.96. The summed E-state index contributed by atoms with van der Waals surface area (Å²) in [6, 6.07) is 26.4. The first-order valence-electron chi connectivity index (χ1n) is 14.3. The second-order valence-electron chi connectivity index (χ2n) is 11.3. The molecule has 8 nitrogen and oxygen atoms in total. The Labute approximate surface area is 252 Å². The molecule has 0 bridgehead atoms. The van der Waals surface area contributed by atoms with Crippen LogP contribution in [0.3, 0.4) is 0 Å². The molecule has 0 saturated carbocycles. The minimum Gasteiger partial charge on any atom is -0.388 e. The second kappa shape index (κ2) is 12.5. The lowest BCUT2D eigenvalue weighted by Gasteiger charge is -2.35. The van der Waals surface area contributed by atoms with Crippen LogP contribution in [0.5, 0.6) is 0 Å². The van der Waals surface area contributed by atoms with E-state index in [1.165, 1.54) is 9.80 Å². The number of carbonyl (C=O) groups excluding carboxylic acids is 2. The average Bonchev–Trinajstić information content (AvgIpc) is 3.35. The van der Waals surface area contributed by atoms with E-state index in [1.807, 2.05) is 98.8 Å². The molecule has 2 N–H and O–H groups in total. The van der Waals surface area contributed by atoms with E-state index in [9.17, 15) is 20.0 Å². The monoisotopic (exact) mass is 573 g/mol. The summed E-state index contributed by atoms with van der Waals surface area (Å²) in [5.41, 5.74) is 3.50. The number of anilines is 1. The Morgan fingerprint density at radius 2 is 1.65 bits per heavy atom. The normalized spacial score (nSPS) is 19.2. The molecule has 218 valence electrons. The summed E-state index contributed by atoms with van der Waals surface area (Å²) in [5, 5.41) is 23.8. The van der Waals surface area contributed by atoms with E-state index in [0.29, 0.717) is 11.3 Å². The maximum absolute atomic E-state index is 14.6. The van der Waals surface area contributed by atoms with Gasteiger partial charge in [0.1, 0.15) is 12.1 Å². The number of nitriles is 1. The first kappa shape index (κ1) is 29.5. The lowest BCUT2D eigenvalue weighted by atomic mass is 9.96. The van der Waals surface area contributed by atoms with Gasteiger partial charge in [0.2, 0.25) is 5.91 Å². The van der Waals surface area contributed by atoms with Crippen molar-refractivity contribution < 1.29 is 14.7 Å². The summed E-state index contributed by atoms with van der Waals surface area (Å²) in [5.74, 6) is -0.844. The van der Waals surface area contributed by atoms with Gasteiger partial charge >= 0.3 is 0 Å². The summed E-state index contributed by atoms with van der Waals surface area (Å²) >= 11 is 0. The zero-order valence-corrected chi connectivity index (χ0v) is 24.5. The second-order valence-corrected chi connectivity index (χ2v) is 11.3. The van der Waals surface area contributed by atoms with Crippen molar-refractivity contribution in [2.75, 3.05) is 11.4 Å². The molecule has 8 heteroatoms. The van der Waals surface area contributed by atoms with Crippen LogP contribution < -0.4 is 10.2 Å². The maximum atomic E-state index is 14.6. The van der Waals surface area contributed by atoms with Gasteiger partial charge in [0.25, 0.3) is 5.91 Å². The molecule has 4 atom stereocenters. The fourth-order valence-corrected chi connectivity index (χ4v) is 5.68. The molecule has 43 heavy (non-hydrogen) atoms. The number of β-amino-alcohol motifs (C(OH)–C–C–N with tert-alkyl or cyclic N) is 1. The average molecular weight is 574 g/mol. The van der Waals surface area contributed by atoms with Crippen LogP contribution in [0.2, 0.25) is 0 Å². The first-order valence-corrected chi connectivity index (χ1v) is 14.3. The Morgan fingerprint density at radius 1 is 1.02 bits per heavy atom. The molecular weight excluding hydrogens is 538 g/mol. The van der Waals surface area contributed by atoms with E-state index >= 15 is 0 Å². The molecule has 1 saturated heterocycles. The molecule has 1 unspecified atom stereocenters. The lowest BCUT2D eigenvalue weighted by molar-refractivity contribution is -0.128. The van der Waals surface area contributed by atoms with Gasteiger partial charge in [0.05, 0.1) is 18.2 Å². The Balaban J connectivity index is 1.62. The van der Waals surface area contributed by atoms with Crippen LogP contribution >= 0.6 is 0 Å². The summed E-state index contributed by atoms with van der Waals surface area (Å²) in [7, 11) is 0. The molecule has 0 spiro atoms. The Morgan fingerprint density at radius 3 is 2.28 bits per heavy atom. The number of hydrogen-bond donors (Lipinski definition) is 2. The number of nitrogens with zero attached hydrogens (tertiary/aromatic N) is 4. The van der Waals surface area contributed by atoms with E-state index in [2.05, 4.69) is 16.5 Å². The molecule has 0 aliphatic carbocycles. The number of carbonyl (C=O) groups is 2. The largest absolute Gasteiger partial charge is 0.388 e. The molecule has 1 fully saturated rings. The number of aromatic nitrogens is 1. The zero-order valence-electron chi connectivity index (χ0n) is 24.5. The van der Waals surface area contributed by atoms with Crippen molar-refractivity contribution in [2.45, 2.75) is 50.9 Å². The summed E-state index contributed by atoms with van der Waals surface area (Å²) in [6.45, 7) is 5.41. The van der Waals surface area contributed by atoms with Crippen molar-refractivity contribution in [3.05, 3.63) is 120 Å². The van der Waals surface area contributed by atoms with Gasteiger partial charge < -0.3 is 10.4 Å². The number of rotatable bonds is 8. The van der Waals surface area contributed by atoms with Gasteiger partial charge in [-0.1, -0.05) is 72.8 Å². The molecule has 0 radical (unpaired) electrons. The van der Waals surface area contributed by atoms with Crippen molar-refractivity contribution in [1.29, 1.82) is 5.26 Å². The molecular formula is C35H35N5O3. The Kier molecular flexibility index (Phi) is 8.56. The smallest absolute Gasteiger partial charge is 0.251 e. The predicted molar refractivity (Wildman–Crippen MR) is 165 cm³/mol. The topological polar surface area (TPSA) is 110 Å². The van der Waals surface area contributed by atoms with Crippen molar-refractivity contribution in [2.24, 2.45) is 0 Å². The predicted octanol–water partition coefficient (Wildman–Crippen LogP) is 5.32. The quantitative estimate of drug-likeness (QED) is 0.276. The number of aliphatic hydroxyl groups is 1. The highest BCUT2D eigenvalue weighted by molar-refractivity contribution is 6.04. The Bertz CT molecular complexity index is 1620. The van der Waals surface area contributed by atoms with Gasteiger partial charge in [0, 0.05) is 30.1 Å². The third-order valence-electron chi connectivity index (χ3n) is 7.96. The number of aryl methyl sites for hydroxylation is 1. The molecule has 4 aromatic rings. The maximum Gasteiger partial charge on any atom is 0.251 e. The van der Waals surface area contributed by atoms with Crippen LogP contribution in [0.25, 0.3) is 11.1 Å². The van der Waals surface area contributed by atoms with Crippen molar-refractivity contribution in [1.82, 2.24) is 15.2 Å².